The molecule has 3 rings (SSSR count). The molecule has 0 saturated carbocycles. The van der Waals surface area contributed by atoms with E-state index in [1.165, 1.54) is 18.4 Å². The summed E-state index contributed by atoms with van der Waals surface area (Å²) < 4.78 is 16.1. The van der Waals surface area contributed by atoms with Crippen LogP contribution >= 0.6 is 22.6 Å². The lowest BCUT2D eigenvalue weighted by molar-refractivity contribution is -0.143. The third-order valence-corrected chi connectivity index (χ3v) is 4.72. The molecule has 0 atom stereocenters. The minimum Gasteiger partial charge on any atom is -0.459 e. The van der Waals surface area contributed by atoms with Gasteiger partial charge in [-0.15, -0.1) is 0 Å². The summed E-state index contributed by atoms with van der Waals surface area (Å²) in [6, 6.07) is 6.81. The number of furan rings is 2. The second kappa shape index (κ2) is 9.69. The quantitative estimate of drug-likeness (QED) is 0.328. The molecule has 9 heteroatoms. The fourth-order valence-corrected chi connectivity index (χ4v) is 3.16. The van der Waals surface area contributed by atoms with Crippen molar-refractivity contribution in [2.45, 2.75) is 0 Å². The topological polar surface area (TPSA) is 93.2 Å². The fourth-order valence-electron chi connectivity index (χ4n) is 2.73. The van der Waals surface area contributed by atoms with Gasteiger partial charge in [-0.2, -0.15) is 0 Å². The van der Waals surface area contributed by atoms with Crippen LogP contribution in [0.4, 0.5) is 0 Å². The first-order valence-corrected chi connectivity index (χ1v) is 9.76. The van der Waals surface area contributed by atoms with Gasteiger partial charge >= 0.3 is 5.97 Å². The second-order valence-corrected chi connectivity index (χ2v) is 7.23. The third-order valence-electron chi connectivity index (χ3n) is 4.14. The lowest BCUT2D eigenvalue weighted by atomic mass is 10.2. The van der Waals surface area contributed by atoms with Crippen molar-refractivity contribution in [2.75, 3.05) is 39.3 Å². The summed E-state index contributed by atoms with van der Waals surface area (Å²) in [5.74, 6) is -0.0972. The van der Waals surface area contributed by atoms with Crippen molar-refractivity contribution in [2.24, 2.45) is 0 Å². The summed E-state index contributed by atoms with van der Waals surface area (Å²) in [5.41, 5.74) is 0. The first kappa shape index (κ1) is 20.3. The summed E-state index contributed by atoms with van der Waals surface area (Å²) in [5, 5.41) is 0. The van der Waals surface area contributed by atoms with Crippen LogP contribution in [-0.4, -0.2) is 66.8 Å². The van der Waals surface area contributed by atoms with Crippen molar-refractivity contribution in [3.8, 4) is 0 Å². The van der Waals surface area contributed by atoms with Crippen LogP contribution in [0.15, 0.2) is 45.4 Å². The Bertz CT molecular complexity index is 850. The highest BCUT2D eigenvalue weighted by molar-refractivity contribution is 14.1. The van der Waals surface area contributed by atoms with Crippen LogP contribution < -0.4 is 0 Å². The Balaban J connectivity index is 1.36. The molecule has 1 aliphatic rings. The number of amides is 1. The molecular weight excluding hydrogens is 479 g/mol. The Kier molecular flexibility index (Phi) is 7.04. The lowest BCUT2D eigenvalue weighted by Gasteiger charge is -2.33. The zero-order chi connectivity index (χ0) is 19.9. The Morgan fingerprint density at radius 2 is 1.93 bits per heavy atom. The van der Waals surface area contributed by atoms with Crippen molar-refractivity contribution in [3.05, 3.63) is 51.9 Å². The number of piperazine rings is 1. The molecule has 1 saturated heterocycles. The Labute approximate surface area is 175 Å². The molecule has 148 valence electrons. The number of carbonyl (C=O) groups excluding carboxylic acids is 3. The molecule has 1 fully saturated rings. The van der Waals surface area contributed by atoms with Crippen molar-refractivity contribution < 1.29 is 28.0 Å². The van der Waals surface area contributed by atoms with E-state index in [-0.39, 0.29) is 24.8 Å². The van der Waals surface area contributed by atoms with Crippen LogP contribution in [0.5, 0.6) is 0 Å². The highest BCUT2D eigenvalue weighted by Gasteiger charge is 2.24. The first-order valence-electron chi connectivity index (χ1n) is 8.68. The van der Waals surface area contributed by atoms with Crippen LogP contribution in [0.2, 0.25) is 0 Å². The van der Waals surface area contributed by atoms with Crippen LogP contribution in [0.25, 0.3) is 6.08 Å². The van der Waals surface area contributed by atoms with Gasteiger partial charge < -0.3 is 18.5 Å². The van der Waals surface area contributed by atoms with Crippen LogP contribution in [0.3, 0.4) is 0 Å². The molecule has 3 heterocycles. The minimum atomic E-state index is -0.603. The van der Waals surface area contributed by atoms with E-state index >= 15 is 0 Å². The molecule has 1 amide bonds. The summed E-state index contributed by atoms with van der Waals surface area (Å²) in [7, 11) is 0. The molecule has 8 nitrogen and oxygen atoms in total. The summed E-state index contributed by atoms with van der Waals surface area (Å²) >= 11 is 2.02. The number of ketones is 1. The average molecular weight is 498 g/mol. The molecule has 0 aliphatic carbocycles. The van der Waals surface area contributed by atoms with E-state index in [2.05, 4.69) is 0 Å². The van der Waals surface area contributed by atoms with E-state index in [1.54, 1.807) is 29.2 Å². The Morgan fingerprint density at radius 3 is 2.57 bits per heavy atom. The highest BCUT2D eigenvalue weighted by Crippen LogP contribution is 2.11. The SMILES string of the molecule is O=C(COC(=O)/C=C/c1ccc(I)o1)CN1CCN(C(=O)c2ccco2)CC1. The zero-order valence-corrected chi connectivity index (χ0v) is 17.2. The number of rotatable bonds is 7. The van der Waals surface area contributed by atoms with E-state index < -0.39 is 5.97 Å². The molecule has 2 aromatic rings. The van der Waals surface area contributed by atoms with Gasteiger partial charge in [-0.3, -0.25) is 14.5 Å². The van der Waals surface area contributed by atoms with Gasteiger partial charge in [0, 0.05) is 32.3 Å². The number of nitrogens with zero attached hydrogens (tertiary/aromatic N) is 2. The number of halogens is 1. The first-order chi connectivity index (χ1) is 13.5. The maximum absolute atomic E-state index is 12.2. The standard InChI is InChI=1S/C19H19IN2O6/c20-17-5-3-15(28-17)4-6-18(24)27-13-14(23)12-21-7-9-22(10-8-21)19(25)16-2-1-11-26-16/h1-6,11H,7-10,12-13H2/b6-4+. The van der Waals surface area contributed by atoms with E-state index in [4.69, 9.17) is 13.6 Å². The van der Waals surface area contributed by atoms with Gasteiger partial charge in [-0.25, -0.2) is 4.79 Å². The minimum absolute atomic E-state index is 0.150. The van der Waals surface area contributed by atoms with Crippen LogP contribution in [0, 0.1) is 3.77 Å². The highest BCUT2D eigenvalue weighted by atomic mass is 127. The summed E-state index contributed by atoms with van der Waals surface area (Å²) in [6.45, 7) is 2.06. The average Bonchev–Trinajstić information content (AvgIpc) is 3.36. The van der Waals surface area contributed by atoms with E-state index in [1.807, 2.05) is 27.5 Å². The third kappa shape index (κ3) is 5.80. The number of Topliss-reactive ketones (excluding diaryl/α,β-unsaturated/α-hetero) is 1. The summed E-state index contributed by atoms with van der Waals surface area (Å²) in [4.78, 5) is 39.6. The van der Waals surface area contributed by atoms with E-state index in [0.717, 1.165) is 0 Å². The normalized spacial score (nSPS) is 15.1. The predicted molar refractivity (Wildman–Crippen MR) is 107 cm³/mol. The van der Waals surface area contributed by atoms with E-state index in [9.17, 15) is 14.4 Å². The monoisotopic (exact) mass is 498 g/mol. The predicted octanol–water partition coefficient (Wildman–Crippen LogP) is 2.06. The van der Waals surface area contributed by atoms with Gasteiger partial charge in [0.25, 0.3) is 5.91 Å². The smallest absolute Gasteiger partial charge is 0.331 e. The number of carbonyl (C=O) groups is 3. The Morgan fingerprint density at radius 1 is 1.14 bits per heavy atom. The molecule has 0 spiro atoms. The van der Waals surface area contributed by atoms with Crippen molar-refractivity contribution in [3.63, 3.8) is 0 Å². The molecule has 0 N–H and O–H groups in total. The van der Waals surface area contributed by atoms with Gasteiger partial charge in [0.05, 0.1) is 12.8 Å². The molecule has 28 heavy (non-hydrogen) atoms. The fraction of sp³-hybridized carbons (Fsp3) is 0.316. The van der Waals surface area contributed by atoms with Crippen LogP contribution in [-0.2, 0) is 14.3 Å². The van der Waals surface area contributed by atoms with Crippen molar-refractivity contribution >= 4 is 46.3 Å². The van der Waals surface area contributed by atoms with E-state index in [0.29, 0.717) is 41.5 Å². The van der Waals surface area contributed by atoms with Gasteiger partial charge in [0.15, 0.2) is 21.9 Å². The zero-order valence-electron chi connectivity index (χ0n) is 15.0. The number of esters is 1. The maximum atomic E-state index is 12.2. The molecule has 0 unspecified atom stereocenters. The molecular formula is C19H19IN2O6. The van der Waals surface area contributed by atoms with Gasteiger partial charge in [-0.05, 0) is 52.9 Å². The van der Waals surface area contributed by atoms with Crippen molar-refractivity contribution in [1.82, 2.24) is 9.80 Å². The lowest BCUT2D eigenvalue weighted by Crippen LogP contribution is -2.50. The maximum Gasteiger partial charge on any atom is 0.331 e. The second-order valence-electron chi connectivity index (χ2n) is 6.17. The number of hydrogen-bond donors (Lipinski definition) is 0. The molecule has 2 aromatic heterocycles. The number of ether oxygens (including phenoxy) is 1. The van der Waals surface area contributed by atoms with Gasteiger partial charge in [0.1, 0.15) is 5.76 Å². The molecule has 0 aromatic carbocycles. The van der Waals surface area contributed by atoms with Gasteiger partial charge in [-0.1, -0.05) is 0 Å². The molecule has 0 radical (unpaired) electrons. The largest absolute Gasteiger partial charge is 0.459 e. The van der Waals surface area contributed by atoms with Gasteiger partial charge in [0.2, 0.25) is 0 Å². The summed E-state index contributed by atoms with van der Waals surface area (Å²) in [6.07, 6.45) is 4.18. The Hall–Kier alpha value is -2.40. The number of hydrogen-bond acceptors (Lipinski definition) is 7. The van der Waals surface area contributed by atoms with Crippen molar-refractivity contribution in [1.29, 1.82) is 0 Å². The molecule has 0 bridgehead atoms. The molecule has 1 aliphatic heterocycles. The van der Waals surface area contributed by atoms with Crippen LogP contribution in [0.1, 0.15) is 16.3 Å².